The third-order valence-corrected chi connectivity index (χ3v) is 6.99. The normalized spacial score (nSPS) is 24.2. The van der Waals surface area contributed by atoms with Gasteiger partial charge in [-0.15, -0.1) is 11.6 Å². The summed E-state index contributed by atoms with van der Waals surface area (Å²) in [5, 5.41) is 3.49. The van der Waals surface area contributed by atoms with E-state index in [0.29, 0.717) is 23.2 Å². The second-order valence-corrected chi connectivity index (χ2v) is 10.1. The number of rotatable bonds is 6. The van der Waals surface area contributed by atoms with Gasteiger partial charge >= 0.3 is 6.01 Å². The van der Waals surface area contributed by atoms with E-state index in [1.165, 1.54) is 12.5 Å². The Bertz CT molecular complexity index is 1260. The van der Waals surface area contributed by atoms with Gasteiger partial charge in [-0.1, -0.05) is 30.4 Å². The summed E-state index contributed by atoms with van der Waals surface area (Å²) in [7, 11) is 0. The Morgan fingerprint density at radius 3 is 2.65 bits per heavy atom. The van der Waals surface area contributed by atoms with Crippen molar-refractivity contribution in [2.45, 2.75) is 44.1 Å². The number of H-pyrrole nitrogens is 1. The number of nitrogens with one attached hydrogen (secondary N) is 2. The number of ether oxygens (including phenoxy) is 2. The molecule has 34 heavy (non-hydrogen) atoms. The van der Waals surface area contributed by atoms with E-state index in [-0.39, 0.29) is 23.2 Å². The van der Waals surface area contributed by atoms with Crippen LogP contribution in [0.4, 0.5) is 0 Å². The van der Waals surface area contributed by atoms with E-state index in [4.69, 9.17) is 26.1 Å². The maximum Gasteiger partial charge on any atom is 0.301 e. The number of hydrogen-bond acceptors (Lipinski definition) is 5. The molecule has 3 heterocycles. The minimum atomic E-state index is -0.471. The Morgan fingerprint density at radius 2 is 2.03 bits per heavy atom. The zero-order valence-corrected chi connectivity index (χ0v) is 20.3. The van der Waals surface area contributed by atoms with E-state index in [2.05, 4.69) is 33.5 Å². The first kappa shape index (κ1) is 22.9. The lowest BCUT2D eigenvalue weighted by atomic mass is 9.84. The molecule has 1 aromatic heterocycles. The summed E-state index contributed by atoms with van der Waals surface area (Å²) < 4.78 is 11.3. The zero-order chi connectivity index (χ0) is 23.9. The van der Waals surface area contributed by atoms with Crippen LogP contribution >= 0.6 is 11.6 Å². The largest absolute Gasteiger partial charge is 0.426 e. The molecule has 5 rings (SSSR count). The van der Waals surface area contributed by atoms with Crippen LogP contribution in [0.5, 0.6) is 11.8 Å². The van der Waals surface area contributed by atoms with Gasteiger partial charge in [0.1, 0.15) is 5.75 Å². The molecule has 3 unspecified atom stereocenters. The number of amides is 1. The van der Waals surface area contributed by atoms with E-state index in [9.17, 15) is 4.79 Å². The van der Waals surface area contributed by atoms with Gasteiger partial charge in [0.25, 0.3) is 0 Å². The maximum atomic E-state index is 11.5. The fourth-order valence-corrected chi connectivity index (χ4v) is 4.99. The van der Waals surface area contributed by atoms with Crippen molar-refractivity contribution in [2.75, 3.05) is 13.2 Å². The van der Waals surface area contributed by atoms with Gasteiger partial charge in [-0.3, -0.25) is 9.79 Å². The lowest BCUT2D eigenvalue weighted by Gasteiger charge is -2.31. The van der Waals surface area contributed by atoms with Gasteiger partial charge in [-0.2, -0.15) is 4.98 Å². The van der Waals surface area contributed by atoms with Crippen molar-refractivity contribution in [3.05, 3.63) is 64.5 Å². The second-order valence-electron chi connectivity index (χ2n) is 9.64. The van der Waals surface area contributed by atoms with Crippen LogP contribution in [0.25, 0.3) is 6.08 Å². The highest BCUT2D eigenvalue weighted by atomic mass is 35.5. The second kappa shape index (κ2) is 9.04. The van der Waals surface area contributed by atoms with Crippen LogP contribution in [0.15, 0.2) is 53.1 Å². The molecule has 1 fully saturated rings. The Labute approximate surface area is 203 Å². The van der Waals surface area contributed by atoms with E-state index in [1.54, 1.807) is 0 Å². The molecule has 0 saturated carbocycles. The first-order valence-corrected chi connectivity index (χ1v) is 12.0. The monoisotopic (exact) mass is 480 g/mol. The third-order valence-electron chi connectivity index (χ3n) is 6.60. The van der Waals surface area contributed by atoms with Gasteiger partial charge in [0.05, 0.1) is 35.5 Å². The molecule has 1 amide bonds. The predicted octanol–water partition coefficient (Wildman–Crippen LogP) is 3.11. The number of nitrogens with zero attached hydrogens (tertiary/aromatic N) is 2. The number of halogens is 1. The zero-order valence-electron chi connectivity index (χ0n) is 19.5. The van der Waals surface area contributed by atoms with E-state index in [0.717, 1.165) is 30.5 Å². The van der Waals surface area contributed by atoms with Crippen LogP contribution in [0.3, 0.4) is 0 Å². The number of fused-ring (bicyclic) bond motifs is 1. The highest BCUT2D eigenvalue weighted by molar-refractivity contribution is 6.24. The van der Waals surface area contributed by atoms with E-state index >= 15 is 0 Å². The number of allylic oxidation sites excluding steroid dienone is 2. The summed E-state index contributed by atoms with van der Waals surface area (Å²) in [6.45, 7) is 7.06. The quantitative estimate of drug-likeness (QED) is 0.622. The Kier molecular flexibility index (Phi) is 6.08. The van der Waals surface area contributed by atoms with Gasteiger partial charge in [-0.25, -0.2) is 0 Å². The topological polar surface area (TPSA) is 88.6 Å². The molecular weight excluding hydrogens is 452 g/mol. The van der Waals surface area contributed by atoms with Gasteiger partial charge in [0, 0.05) is 18.8 Å². The van der Waals surface area contributed by atoms with Crippen LogP contribution < -0.4 is 20.9 Å². The number of imidazole rings is 1. The summed E-state index contributed by atoms with van der Waals surface area (Å²) in [6, 6.07) is 7.88. The molecule has 1 aliphatic carbocycles. The highest BCUT2D eigenvalue weighted by Gasteiger charge is 2.30. The lowest BCUT2D eigenvalue weighted by Crippen LogP contribution is -2.40. The van der Waals surface area contributed by atoms with Crippen molar-refractivity contribution in [3.63, 3.8) is 0 Å². The van der Waals surface area contributed by atoms with E-state index in [1.807, 2.05) is 44.2 Å². The minimum Gasteiger partial charge on any atom is -0.426 e. The average Bonchev–Trinajstić information content (AvgIpc) is 3.13. The van der Waals surface area contributed by atoms with Crippen molar-refractivity contribution in [1.29, 1.82) is 0 Å². The molecule has 0 spiro atoms. The smallest absolute Gasteiger partial charge is 0.301 e. The summed E-state index contributed by atoms with van der Waals surface area (Å²) >= 11 is 6.70. The number of aromatic amines is 1. The van der Waals surface area contributed by atoms with Crippen LogP contribution in [-0.2, 0) is 15.1 Å². The third kappa shape index (κ3) is 4.68. The molecule has 0 bridgehead atoms. The number of alkyl halides is 1. The Morgan fingerprint density at radius 1 is 1.26 bits per heavy atom. The summed E-state index contributed by atoms with van der Waals surface area (Å²) in [4.78, 5) is 24.0. The molecule has 2 aromatic rings. The Hall–Kier alpha value is -2.90. The molecule has 7 nitrogen and oxygen atoms in total. The van der Waals surface area contributed by atoms with Crippen LogP contribution in [0, 0.1) is 11.8 Å². The summed E-state index contributed by atoms with van der Waals surface area (Å²) in [6.07, 6.45) is 9.61. The number of carbonyl (C=O) groups is 1. The van der Waals surface area contributed by atoms with E-state index < -0.39 is 5.54 Å². The summed E-state index contributed by atoms with van der Waals surface area (Å²) in [5.41, 5.74) is 2.49. The number of hydrogen-bond donors (Lipinski definition) is 2. The molecular formula is C26H29ClN4O3. The van der Waals surface area contributed by atoms with Crippen molar-refractivity contribution >= 4 is 23.6 Å². The van der Waals surface area contributed by atoms with Crippen LogP contribution in [0.2, 0.25) is 0 Å². The molecule has 3 aliphatic rings. The SMILES string of the molecule is CC(=O)NC(C)(C)c1ccc(Oc2nc3c([nH]2)=CC(Cl)C(C2C=CC(C4COC4)=CC2)N=3)cc1. The van der Waals surface area contributed by atoms with Crippen LogP contribution in [-0.4, -0.2) is 40.5 Å². The summed E-state index contributed by atoms with van der Waals surface area (Å²) in [5.74, 6) is 1.33. The fraction of sp³-hybridized carbons (Fsp3) is 0.423. The van der Waals surface area contributed by atoms with Crippen molar-refractivity contribution in [1.82, 2.24) is 15.3 Å². The Balaban J connectivity index is 1.29. The molecule has 2 aliphatic heterocycles. The fourth-order valence-electron chi connectivity index (χ4n) is 4.62. The molecule has 178 valence electrons. The van der Waals surface area contributed by atoms with Gasteiger partial charge in [0.15, 0.2) is 5.49 Å². The number of carbonyl (C=O) groups excluding carboxylic acids is 1. The van der Waals surface area contributed by atoms with Gasteiger partial charge in [-0.05, 0) is 49.6 Å². The highest BCUT2D eigenvalue weighted by Crippen LogP contribution is 2.31. The first-order chi connectivity index (χ1) is 16.3. The molecule has 3 atom stereocenters. The van der Waals surface area contributed by atoms with Gasteiger partial charge in [0.2, 0.25) is 5.91 Å². The van der Waals surface area contributed by atoms with Crippen molar-refractivity contribution < 1.29 is 14.3 Å². The molecule has 8 heteroatoms. The molecule has 1 aromatic carbocycles. The predicted molar refractivity (Wildman–Crippen MR) is 130 cm³/mol. The van der Waals surface area contributed by atoms with Crippen molar-refractivity contribution in [3.8, 4) is 11.8 Å². The molecule has 2 N–H and O–H groups in total. The standard InChI is InChI=1S/C26H29ClN4O3/c1-15(32)31-26(2,3)19-8-10-20(11-9-19)34-25-28-22-12-21(27)23(29-24(22)30-25)17-6-4-16(5-7-17)18-13-33-14-18/h4-6,8-12,17-18,21,23H,7,13-14H2,1-3H3,(H,31,32)(H,28,29,30). The molecule has 0 radical (unpaired) electrons. The lowest BCUT2D eigenvalue weighted by molar-refractivity contribution is -0.120. The van der Waals surface area contributed by atoms with Crippen molar-refractivity contribution in [2.24, 2.45) is 16.8 Å². The van der Waals surface area contributed by atoms with Gasteiger partial charge < -0.3 is 19.8 Å². The first-order valence-electron chi connectivity index (χ1n) is 11.6. The number of benzene rings is 1. The average molecular weight is 481 g/mol. The minimum absolute atomic E-state index is 0.0736. The number of aromatic nitrogens is 2. The van der Waals surface area contributed by atoms with Crippen LogP contribution in [0.1, 0.15) is 32.8 Å². The molecule has 1 saturated heterocycles. The maximum absolute atomic E-state index is 11.5.